The second-order valence-electron chi connectivity index (χ2n) is 4.41. The van der Waals surface area contributed by atoms with Gasteiger partial charge in [-0.05, 0) is 13.0 Å². The number of methoxy groups -OCH3 is 1. The van der Waals surface area contributed by atoms with Gasteiger partial charge in [0.2, 0.25) is 0 Å². The number of hydrogen-bond acceptors (Lipinski definition) is 7. The molecule has 1 fully saturated rings. The molecular formula is C11H17N3O5. The molecule has 0 saturated carbocycles. The Kier molecular flexibility index (Phi) is 3.85. The first-order valence-electron chi connectivity index (χ1n) is 5.82. The Morgan fingerprint density at radius 2 is 2.32 bits per heavy atom. The van der Waals surface area contributed by atoms with E-state index in [4.69, 9.17) is 20.3 Å². The van der Waals surface area contributed by atoms with Gasteiger partial charge in [0.25, 0.3) is 0 Å². The van der Waals surface area contributed by atoms with Crippen molar-refractivity contribution in [1.29, 1.82) is 0 Å². The van der Waals surface area contributed by atoms with Crippen molar-refractivity contribution >= 4 is 5.82 Å². The minimum absolute atomic E-state index is 0.116. The number of aryl methyl sites for hydroxylation is 1. The lowest BCUT2D eigenvalue weighted by atomic mass is 10.1. The smallest absolute Gasteiger partial charge is 0.351 e. The molecule has 1 aliphatic rings. The molecule has 1 aromatic rings. The summed E-state index contributed by atoms with van der Waals surface area (Å²) in [6.45, 7) is 1.31. The van der Waals surface area contributed by atoms with E-state index in [1.165, 1.54) is 17.7 Å². The second-order valence-corrected chi connectivity index (χ2v) is 4.41. The number of hydrogen-bond donors (Lipinski definition) is 3. The highest BCUT2D eigenvalue weighted by molar-refractivity contribution is 5.28. The van der Waals surface area contributed by atoms with Crippen LogP contribution < -0.4 is 11.4 Å². The highest BCUT2D eigenvalue weighted by Crippen LogP contribution is 2.31. The molecule has 8 nitrogen and oxygen atoms in total. The molecule has 0 radical (unpaired) electrons. The minimum atomic E-state index is -1.02. The monoisotopic (exact) mass is 271 g/mol. The fourth-order valence-electron chi connectivity index (χ4n) is 2.27. The molecule has 1 aromatic heterocycles. The zero-order valence-electron chi connectivity index (χ0n) is 10.7. The van der Waals surface area contributed by atoms with Crippen molar-refractivity contribution in [3.63, 3.8) is 0 Å². The third-order valence-electron chi connectivity index (χ3n) is 3.19. The Morgan fingerprint density at radius 1 is 1.63 bits per heavy atom. The van der Waals surface area contributed by atoms with E-state index in [9.17, 15) is 9.90 Å². The van der Waals surface area contributed by atoms with E-state index in [-0.39, 0.29) is 12.4 Å². The lowest BCUT2D eigenvalue weighted by Crippen LogP contribution is -2.38. The van der Waals surface area contributed by atoms with Gasteiger partial charge in [-0.15, -0.1) is 0 Å². The molecule has 2 rings (SSSR count). The Hall–Kier alpha value is -1.48. The summed E-state index contributed by atoms with van der Waals surface area (Å²) in [7, 11) is 1.40. The number of nitrogens with zero attached hydrogens (tertiary/aromatic N) is 2. The minimum Gasteiger partial charge on any atom is -0.394 e. The summed E-state index contributed by atoms with van der Waals surface area (Å²) >= 11 is 0. The number of nitrogens with two attached hydrogens (primary N) is 1. The van der Waals surface area contributed by atoms with Crippen LogP contribution in [0.1, 0.15) is 11.9 Å². The van der Waals surface area contributed by atoms with Gasteiger partial charge in [-0.25, -0.2) is 4.79 Å². The molecule has 0 spiro atoms. The summed E-state index contributed by atoms with van der Waals surface area (Å²) in [6.07, 6.45) is -3.45. The summed E-state index contributed by atoms with van der Waals surface area (Å²) in [4.78, 5) is 15.5. The van der Waals surface area contributed by atoms with Crippen LogP contribution in [0.3, 0.4) is 0 Å². The summed E-state index contributed by atoms with van der Waals surface area (Å²) in [5.74, 6) is 0.116. The van der Waals surface area contributed by atoms with E-state index in [1.54, 1.807) is 6.92 Å². The zero-order chi connectivity index (χ0) is 14.2. The number of anilines is 1. The maximum absolute atomic E-state index is 11.9. The molecule has 4 N–H and O–H groups in total. The molecule has 8 heteroatoms. The predicted octanol–water partition coefficient (Wildman–Crippen LogP) is -1.60. The third-order valence-corrected chi connectivity index (χ3v) is 3.19. The number of aliphatic hydroxyl groups is 2. The maximum atomic E-state index is 11.9. The van der Waals surface area contributed by atoms with Crippen molar-refractivity contribution in [3.8, 4) is 0 Å². The van der Waals surface area contributed by atoms with E-state index in [1.807, 2.05) is 0 Å². The SMILES string of the molecule is COC1C(O)[C@H](CO)O[C@@H]1n1c(C)cc(N)nc1=O. The van der Waals surface area contributed by atoms with Gasteiger partial charge in [0.15, 0.2) is 6.23 Å². The summed E-state index contributed by atoms with van der Waals surface area (Å²) in [5.41, 5.74) is 5.44. The van der Waals surface area contributed by atoms with Crippen molar-refractivity contribution < 1.29 is 19.7 Å². The van der Waals surface area contributed by atoms with Crippen LogP contribution in [0.4, 0.5) is 5.82 Å². The van der Waals surface area contributed by atoms with Crippen molar-refractivity contribution in [2.75, 3.05) is 19.5 Å². The van der Waals surface area contributed by atoms with Gasteiger partial charge in [-0.3, -0.25) is 4.57 Å². The van der Waals surface area contributed by atoms with Crippen LogP contribution in [0.5, 0.6) is 0 Å². The molecule has 2 heterocycles. The van der Waals surface area contributed by atoms with E-state index < -0.39 is 30.2 Å². The van der Waals surface area contributed by atoms with Crippen molar-refractivity contribution in [2.24, 2.45) is 0 Å². The van der Waals surface area contributed by atoms with Crippen LogP contribution in [0, 0.1) is 6.92 Å². The van der Waals surface area contributed by atoms with Gasteiger partial charge < -0.3 is 25.4 Å². The fourth-order valence-corrected chi connectivity index (χ4v) is 2.27. The van der Waals surface area contributed by atoms with Gasteiger partial charge in [0.1, 0.15) is 24.1 Å². The van der Waals surface area contributed by atoms with Gasteiger partial charge in [0.05, 0.1) is 6.61 Å². The molecule has 4 atom stereocenters. The second kappa shape index (κ2) is 5.25. The maximum Gasteiger partial charge on any atom is 0.351 e. The van der Waals surface area contributed by atoms with Gasteiger partial charge in [-0.2, -0.15) is 4.98 Å². The molecule has 0 aromatic carbocycles. The average Bonchev–Trinajstić information content (AvgIpc) is 2.64. The lowest BCUT2D eigenvalue weighted by Gasteiger charge is -2.22. The summed E-state index contributed by atoms with van der Waals surface area (Å²) in [5, 5.41) is 19.1. The number of aliphatic hydroxyl groups excluding tert-OH is 2. The molecule has 2 unspecified atom stereocenters. The zero-order valence-corrected chi connectivity index (χ0v) is 10.7. The number of rotatable bonds is 3. The number of nitrogen functional groups attached to an aromatic ring is 1. The summed E-state index contributed by atoms with van der Waals surface area (Å²) < 4.78 is 11.9. The first-order valence-corrected chi connectivity index (χ1v) is 5.82. The van der Waals surface area contributed by atoms with Crippen LogP contribution in [-0.4, -0.2) is 51.8 Å². The largest absolute Gasteiger partial charge is 0.394 e. The quantitative estimate of drug-likeness (QED) is 0.605. The number of ether oxygens (including phenoxy) is 2. The molecule has 0 aliphatic carbocycles. The van der Waals surface area contributed by atoms with E-state index in [0.29, 0.717) is 5.69 Å². The molecule has 1 aliphatic heterocycles. The Balaban J connectivity index is 2.44. The van der Waals surface area contributed by atoms with Gasteiger partial charge in [-0.1, -0.05) is 0 Å². The Bertz CT molecular complexity index is 518. The predicted molar refractivity (Wildman–Crippen MR) is 65.4 cm³/mol. The van der Waals surface area contributed by atoms with Crippen molar-refractivity contribution in [1.82, 2.24) is 9.55 Å². The molecular weight excluding hydrogens is 254 g/mol. The van der Waals surface area contributed by atoms with E-state index in [0.717, 1.165) is 0 Å². The van der Waals surface area contributed by atoms with E-state index in [2.05, 4.69) is 4.98 Å². The third kappa shape index (κ3) is 2.35. The number of aromatic nitrogens is 2. The van der Waals surface area contributed by atoms with Gasteiger partial charge in [0, 0.05) is 12.8 Å². The molecule has 0 amide bonds. The highest BCUT2D eigenvalue weighted by Gasteiger charge is 2.45. The van der Waals surface area contributed by atoms with Crippen LogP contribution in [-0.2, 0) is 9.47 Å². The van der Waals surface area contributed by atoms with Crippen molar-refractivity contribution in [2.45, 2.75) is 31.5 Å². The van der Waals surface area contributed by atoms with Crippen LogP contribution in [0.25, 0.3) is 0 Å². The molecule has 1 saturated heterocycles. The summed E-state index contributed by atoms with van der Waals surface area (Å²) in [6, 6.07) is 1.52. The molecule has 0 bridgehead atoms. The molecule has 106 valence electrons. The fraction of sp³-hybridized carbons (Fsp3) is 0.636. The lowest BCUT2D eigenvalue weighted by molar-refractivity contribution is -0.0634. The average molecular weight is 271 g/mol. The van der Waals surface area contributed by atoms with Crippen molar-refractivity contribution in [3.05, 3.63) is 22.2 Å². The van der Waals surface area contributed by atoms with Gasteiger partial charge >= 0.3 is 5.69 Å². The first-order chi connectivity index (χ1) is 8.99. The Labute approximate surface area is 109 Å². The van der Waals surface area contributed by atoms with Crippen LogP contribution in [0.2, 0.25) is 0 Å². The highest BCUT2D eigenvalue weighted by atomic mass is 16.6. The topological polar surface area (TPSA) is 120 Å². The van der Waals surface area contributed by atoms with Crippen LogP contribution >= 0.6 is 0 Å². The normalized spacial score (nSPS) is 30.7. The Morgan fingerprint density at radius 3 is 2.84 bits per heavy atom. The van der Waals surface area contributed by atoms with Crippen LogP contribution in [0.15, 0.2) is 10.9 Å². The molecule has 19 heavy (non-hydrogen) atoms. The van der Waals surface area contributed by atoms with E-state index >= 15 is 0 Å². The first kappa shape index (κ1) is 13.9. The standard InChI is InChI=1S/C11H17N3O5/c1-5-3-7(12)13-11(17)14(5)10-9(18-2)8(16)6(4-15)19-10/h3,6,8-10,15-16H,4H2,1-2H3,(H2,12,13,17)/t6-,8?,9?,10-/m0/s1.